The molecule has 1 aromatic rings. The highest BCUT2D eigenvalue weighted by molar-refractivity contribution is 5.03. The zero-order chi connectivity index (χ0) is 11.8. The van der Waals surface area contributed by atoms with E-state index < -0.39 is 0 Å². The number of hydrogen-bond donors (Lipinski definition) is 1. The minimum atomic E-state index is 0.622. The molecule has 1 N–H and O–H groups in total. The third-order valence-corrected chi connectivity index (χ3v) is 3.43. The summed E-state index contributed by atoms with van der Waals surface area (Å²) in [6.07, 6.45) is 6.64. The highest BCUT2D eigenvalue weighted by Gasteiger charge is 2.16. The molecule has 1 rings (SSSR count). The number of nitrogens with zero attached hydrogens (tertiary/aromatic N) is 1. The zero-order valence-electron chi connectivity index (χ0n) is 10.7. The Bertz CT molecular complexity index is 267. The van der Waals surface area contributed by atoms with Crippen molar-refractivity contribution in [3.8, 4) is 0 Å². The SMILES string of the molecule is CCC(CC)C(CCc1ccccn1)NC. The van der Waals surface area contributed by atoms with Crippen LogP contribution in [-0.2, 0) is 6.42 Å². The van der Waals surface area contributed by atoms with Crippen LogP contribution in [0.4, 0.5) is 0 Å². The molecule has 0 saturated heterocycles. The molecule has 2 nitrogen and oxygen atoms in total. The lowest BCUT2D eigenvalue weighted by atomic mass is 9.90. The Morgan fingerprint density at radius 2 is 2.00 bits per heavy atom. The molecule has 2 heteroatoms. The second-order valence-electron chi connectivity index (χ2n) is 4.33. The van der Waals surface area contributed by atoms with Gasteiger partial charge in [0.25, 0.3) is 0 Å². The van der Waals surface area contributed by atoms with Crippen molar-refractivity contribution in [1.29, 1.82) is 0 Å². The summed E-state index contributed by atoms with van der Waals surface area (Å²) in [5.74, 6) is 0.786. The molecule has 0 aliphatic rings. The van der Waals surface area contributed by atoms with Crippen LogP contribution in [0, 0.1) is 5.92 Å². The number of nitrogens with one attached hydrogen (secondary N) is 1. The van der Waals surface area contributed by atoms with Gasteiger partial charge in [-0.05, 0) is 37.9 Å². The van der Waals surface area contributed by atoms with Crippen LogP contribution in [0.15, 0.2) is 24.4 Å². The van der Waals surface area contributed by atoms with Gasteiger partial charge in [-0.3, -0.25) is 4.98 Å². The number of aromatic nitrogens is 1. The largest absolute Gasteiger partial charge is 0.317 e. The van der Waals surface area contributed by atoms with Gasteiger partial charge in [-0.15, -0.1) is 0 Å². The van der Waals surface area contributed by atoms with Crippen LogP contribution < -0.4 is 5.32 Å². The van der Waals surface area contributed by atoms with Crippen LogP contribution in [0.5, 0.6) is 0 Å². The minimum Gasteiger partial charge on any atom is -0.317 e. The van der Waals surface area contributed by atoms with E-state index in [1.807, 2.05) is 12.3 Å². The number of hydrogen-bond acceptors (Lipinski definition) is 2. The van der Waals surface area contributed by atoms with Crippen LogP contribution in [0.3, 0.4) is 0 Å². The molecule has 0 saturated carbocycles. The van der Waals surface area contributed by atoms with E-state index in [0.717, 1.165) is 12.3 Å². The van der Waals surface area contributed by atoms with Gasteiger partial charge in [0.2, 0.25) is 0 Å². The van der Waals surface area contributed by atoms with E-state index in [-0.39, 0.29) is 0 Å². The lowest BCUT2D eigenvalue weighted by molar-refractivity contribution is 0.334. The first-order chi connectivity index (χ1) is 7.81. The first kappa shape index (κ1) is 13.2. The average Bonchev–Trinajstić information content (AvgIpc) is 2.35. The third kappa shape index (κ3) is 3.93. The Kier molecular flexibility index (Phi) is 6.09. The molecule has 1 atom stereocenters. The Hall–Kier alpha value is -0.890. The van der Waals surface area contributed by atoms with Crippen molar-refractivity contribution in [3.63, 3.8) is 0 Å². The third-order valence-electron chi connectivity index (χ3n) is 3.43. The number of pyridine rings is 1. The fourth-order valence-corrected chi connectivity index (χ4v) is 2.32. The Morgan fingerprint density at radius 1 is 1.25 bits per heavy atom. The van der Waals surface area contributed by atoms with Gasteiger partial charge in [-0.2, -0.15) is 0 Å². The summed E-state index contributed by atoms with van der Waals surface area (Å²) in [5.41, 5.74) is 1.20. The minimum absolute atomic E-state index is 0.622. The first-order valence-corrected chi connectivity index (χ1v) is 6.39. The van der Waals surface area contributed by atoms with E-state index >= 15 is 0 Å². The summed E-state index contributed by atoms with van der Waals surface area (Å²) in [5, 5.41) is 3.45. The summed E-state index contributed by atoms with van der Waals surface area (Å²) in [6.45, 7) is 4.55. The van der Waals surface area contributed by atoms with Crippen LogP contribution in [0.25, 0.3) is 0 Å². The van der Waals surface area contributed by atoms with E-state index in [0.29, 0.717) is 6.04 Å². The van der Waals surface area contributed by atoms with Gasteiger partial charge >= 0.3 is 0 Å². The van der Waals surface area contributed by atoms with E-state index in [1.54, 1.807) is 0 Å². The summed E-state index contributed by atoms with van der Waals surface area (Å²) >= 11 is 0. The number of rotatable bonds is 7. The lowest BCUT2D eigenvalue weighted by Crippen LogP contribution is -2.33. The molecule has 1 heterocycles. The lowest BCUT2D eigenvalue weighted by Gasteiger charge is -2.24. The van der Waals surface area contributed by atoms with Gasteiger partial charge in [0.15, 0.2) is 0 Å². The predicted molar refractivity (Wildman–Crippen MR) is 69.5 cm³/mol. The second kappa shape index (κ2) is 7.39. The molecule has 0 radical (unpaired) electrons. The first-order valence-electron chi connectivity index (χ1n) is 6.39. The summed E-state index contributed by atoms with van der Waals surface area (Å²) < 4.78 is 0. The Morgan fingerprint density at radius 3 is 2.50 bits per heavy atom. The molecule has 0 aromatic carbocycles. The normalized spacial score (nSPS) is 13.0. The van der Waals surface area contributed by atoms with E-state index in [4.69, 9.17) is 0 Å². The predicted octanol–water partition coefficient (Wildman–Crippen LogP) is 3.04. The van der Waals surface area contributed by atoms with Crippen LogP contribution in [0.2, 0.25) is 0 Å². The molecule has 0 fully saturated rings. The van der Waals surface area contributed by atoms with Gasteiger partial charge in [0.05, 0.1) is 0 Å². The van der Waals surface area contributed by atoms with Crippen molar-refractivity contribution < 1.29 is 0 Å². The van der Waals surface area contributed by atoms with Gasteiger partial charge in [0.1, 0.15) is 0 Å². The average molecular weight is 220 g/mol. The van der Waals surface area contributed by atoms with Crippen molar-refractivity contribution >= 4 is 0 Å². The molecular formula is C14H24N2. The summed E-state index contributed by atoms with van der Waals surface area (Å²) in [4.78, 5) is 4.37. The van der Waals surface area contributed by atoms with Crippen molar-refractivity contribution in [1.82, 2.24) is 10.3 Å². The molecule has 0 aliphatic carbocycles. The van der Waals surface area contributed by atoms with E-state index in [2.05, 4.69) is 43.3 Å². The molecular weight excluding hydrogens is 196 g/mol. The van der Waals surface area contributed by atoms with Crippen molar-refractivity contribution in [2.75, 3.05) is 7.05 Å². The maximum atomic E-state index is 4.37. The van der Waals surface area contributed by atoms with E-state index in [1.165, 1.54) is 25.0 Å². The molecule has 0 amide bonds. The smallest absolute Gasteiger partial charge is 0.0404 e. The fraction of sp³-hybridized carbons (Fsp3) is 0.643. The molecule has 90 valence electrons. The van der Waals surface area contributed by atoms with E-state index in [9.17, 15) is 0 Å². The number of aryl methyl sites for hydroxylation is 1. The van der Waals surface area contributed by atoms with Gasteiger partial charge in [-0.25, -0.2) is 0 Å². The van der Waals surface area contributed by atoms with Crippen molar-refractivity contribution in [3.05, 3.63) is 30.1 Å². The quantitative estimate of drug-likeness (QED) is 0.764. The van der Waals surface area contributed by atoms with Gasteiger partial charge in [-0.1, -0.05) is 32.8 Å². The molecule has 0 aliphatic heterocycles. The molecule has 16 heavy (non-hydrogen) atoms. The summed E-state index contributed by atoms with van der Waals surface area (Å²) in [7, 11) is 2.07. The maximum absolute atomic E-state index is 4.37. The molecule has 1 aromatic heterocycles. The maximum Gasteiger partial charge on any atom is 0.0404 e. The van der Waals surface area contributed by atoms with Gasteiger partial charge < -0.3 is 5.32 Å². The molecule has 1 unspecified atom stereocenters. The standard InChI is InChI=1S/C14H24N2/c1-4-12(5-2)14(15-3)10-9-13-8-6-7-11-16-13/h6-8,11-12,14-15H,4-5,9-10H2,1-3H3. The van der Waals surface area contributed by atoms with Crippen molar-refractivity contribution in [2.45, 2.75) is 45.6 Å². The van der Waals surface area contributed by atoms with Crippen molar-refractivity contribution in [2.24, 2.45) is 5.92 Å². The van der Waals surface area contributed by atoms with Crippen LogP contribution in [0.1, 0.15) is 38.8 Å². The summed E-state index contributed by atoms with van der Waals surface area (Å²) in [6, 6.07) is 6.77. The Labute approximate surface area is 99.5 Å². The highest BCUT2D eigenvalue weighted by Crippen LogP contribution is 2.17. The highest BCUT2D eigenvalue weighted by atomic mass is 14.9. The zero-order valence-corrected chi connectivity index (χ0v) is 10.7. The molecule has 0 spiro atoms. The second-order valence-corrected chi connectivity index (χ2v) is 4.33. The van der Waals surface area contributed by atoms with Gasteiger partial charge in [0, 0.05) is 17.9 Å². The van der Waals surface area contributed by atoms with Crippen LogP contribution in [-0.4, -0.2) is 18.1 Å². The topological polar surface area (TPSA) is 24.9 Å². The van der Waals surface area contributed by atoms with Crippen LogP contribution >= 0.6 is 0 Å². The monoisotopic (exact) mass is 220 g/mol. The Balaban J connectivity index is 2.45. The fourth-order valence-electron chi connectivity index (χ4n) is 2.32. The molecule has 0 bridgehead atoms.